The molecule has 0 fully saturated rings. The third-order valence-electron chi connectivity index (χ3n) is 2.13. The van der Waals surface area contributed by atoms with E-state index in [0.29, 0.717) is 5.69 Å². The first-order valence-electron chi connectivity index (χ1n) is 5.29. The zero-order chi connectivity index (χ0) is 13.7. The first-order valence-corrected chi connectivity index (χ1v) is 5.29. The summed E-state index contributed by atoms with van der Waals surface area (Å²) in [6.07, 6.45) is 0. The smallest absolute Gasteiger partial charge is 0.313 e. The highest BCUT2D eigenvalue weighted by atomic mass is 16.5. The molecule has 1 atom stereocenters. The van der Waals surface area contributed by atoms with Gasteiger partial charge in [0, 0.05) is 6.07 Å². The van der Waals surface area contributed by atoms with E-state index in [9.17, 15) is 9.59 Å². The van der Waals surface area contributed by atoms with Crippen LogP contribution in [0.3, 0.4) is 0 Å². The van der Waals surface area contributed by atoms with Crippen molar-refractivity contribution in [1.82, 2.24) is 20.9 Å². The van der Waals surface area contributed by atoms with E-state index in [1.165, 1.54) is 11.5 Å². The molecule has 18 heavy (non-hydrogen) atoms. The van der Waals surface area contributed by atoms with Crippen LogP contribution in [0.1, 0.15) is 29.2 Å². The van der Waals surface area contributed by atoms with Crippen molar-refractivity contribution in [2.24, 2.45) is 0 Å². The van der Waals surface area contributed by atoms with Crippen LogP contribution in [0.25, 0.3) is 0 Å². The molecule has 0 aliphatic carbocycles. The summed E-state index contributed by atoms with van der Waals surface area (Å²) < 4.78 is 4.72. The Morgan fingerprint density at radius 2 is 2.22 bits per heavy atom. The summed E-state index contributed by atoms with van der Waals surface area (Å²) >= 11 is 0. The van der Waals surface area contributed by atoms with Gasteiger partial charge in [0.25, 0.3) is 0 Å². The number of carbonyl (C=O) groups is 2. The average Bonchev–Trinajstić information content (AvgIpc) is 2.75. The van der Waals surface area contributed by atoms with Crippen LogP contribution >= 0.6 is 0 Å². The van der Waals surface area contributed by atoms with Crippen molar-refractivity contribution in [2.75, 3.05) is 20.6 Å². The highest BCUT2D eigenvalue weighted by Crippen LogP contribution is 2.12. The molecule has 0 aromatic carbocycles. The molecule has 2 amide bonds. The summed E-state index contributed by atoms with van der Waals surface area (Å²) in [5.41, 5.74) is 1.84. The maximum Gasteiger partial charge on any atom is 0.313 e. The second-order valence-corrected chi connectivity index (χ2v) is 4.08. The minimum atomic E-state index is -0.791. The Bertz CT molecular complexity index is 429. The quantitative estimate of drug-likeness (QED) is 0.485. The van der Waals surface area contributed by atoms with Crippen molar-refractivity contribution < 1.29 is 19.3 Å². The van der Waals surface area contributed by atoms with Gasteiger partial charge in [-0.05, 0) is 21.0 Å². The molecule has 0 aliphatic rings. The zero-order valence-corrected chi connectivity index (χ0v) is 10.4. The van der Waals surface area contributed by atoms with Crippen LogP contribution in [-0.4, -0.2) is 47.7 Å². The summed E-state index contributed by atoms with van der Waals surface area (Å²) in [6.45, 7) is 1.97. The van der Waals surface area contributed by atoms with Gasteiger partial charge in [-0.2, -0.15) is 0 Å². The number of likely N-dealkylation sites (N-methyl/N-ethyl adjacent to an activating group) is 1. The molecular formula is C10H16N4O4. The first kappa shape index (κ1) is 14.1. The minimum Gasteiger partial charge on any atom is -0.351 e. The molecule has 0 bridgehead atoms. The third-order valence-corrected chi connectivity index (χ3v) is 2.13. The predicted molar refractivity (Wildman–Crippen MR) is 60.9 cm³/mol. The van der Waals surface area contributed by atoms with Crippen LogP contribution in [0, 0.1) is 0 Å². The molecule has 1 heterocycles. The fourth-order valence-electron chi connectivity index (χ4n) is 1.30. The number of hydrogen-bond donors (Lipinski definition) is 3. The molecule has 1 aromatic rings. The number of aromatic nitrogens is 1. The van der Waals surface area contributed by atoms with E-state index < -0.39 is 5.91 Å². The van der Waals surface area contributed by atoms with E-state index in [0.717, 1.165) is 0 Å². The molecular weight excluding hydrogens is 240 g/mol. The van der Waals surface area contributed by atoms with Gasteiger partial charge in [-0.1, -0.05) is 5.16 Å². The molecule has 0 saturated carbocycles. The number of nitrogens with zero attached hydrogens (tertiary/aromatic N) is 2. The molecule has 1 rings (SSSR count). The van der Waals surface area contributed by atoms with Crippen LogP contribution in [0.5, 0.6) is 0 Å². The van der Waals surface area contributed by atoms with Gasteiger partial charge in [0.2, 0.25) is 11.7 Å². The maximum atomic E-state index is 11.5. The SMILES string of the molecule is C[C@H](NC(=O)CN(C)C)c1cc(C(=O)NO)on1. The van der Waals surface area contributed by atoms with Gasteiger partial charge in [0.05, 0.1) is 12.6 Å². The summed E-state index contributed by atoms with van der Waals surface area (Å²) in [5, 5.41) is 14.8. The Hall–Kier alpha value is -1.93. The summed E-state index contributed by atoms with van der Waals surface area (Å²) in [6, 6.07) is 0.966. The fraction of sp³-hybridized carbons (Fsp3) is 0.500. The minimum absolute atomic E-state index is 0.124. The van der Waals surface area contributed by atoms with E-state index in [-0.39, 0.29) is 24.3 Å². The number of nitrogens with one attached hydrogen (secondary N) is 2. The lowest BCUT2D eigenvalue weighted by Gasteiger charge is -2.13. The van der Waals surface area contributed by atoms with Gasteiger partial charge >= 0.3 is 5.91 Å². The van der Waals surface area contributed by atoms with Crippen molar-refractivity contribution in [3.8, 4) is 0 Å². The van der Waals surface area contributed by atoms with Gasteiger partial charge in [-0.3, -0.25) is 14.8 Å². The number of amides is 2. The highest BCUT2D eigenvalue weighted by Gasteiger charge is 2.17. The Labute approximate surface area is 104 Å². The molecule has 0 aliphatic heterocycles. The maximum absolute atomic E-state index is 11.5. The van der Waals surface area contributed by atoms with E-state index in [1.54, 1.807) is 25.9 Å². The normalized spacial score (nSPS) is 12.3. The lowest BCUT2D eigenvalue weighted by Crippen LogP contribution is -2.34. The molecule has 0 radical (unpaired) electrons. The number of carbonyl (C=O) groups excluding carboxylic acids is 2. The van der Waals surface area contributed by atoms with E-state index in [2.05, 4.69) is 10.5 Å². The molecule has 0 spiro atoms. The monoisotopic (exact) mass is 256 g/mol. The topological polar surface area (TPSA) is 108 Å². The number of rotatable bonds is 5. The first-order chi connectivity index (χ1) is 8.43. The van der Waals surface area contributed by atoms with Gasteiger partial charge < -0.3 is 14.7 Å². The van der Waals surface area contributed by atoms with Crippen molar-refractivity contribution in [3.05, 3.63) is 17.5 Å². The number of hydrogen-bond acceptors (Lipinski definition) is 6. The standard InChI is InChI=1S/C10H16N4O4/c1-6(11-9(15)5-14(2)3)7-4-8(18-13-7)10(16)12-17/h4,6,17H,5H2,1-3H3,(H,11,15)(H,12,16)/t6-/m0/s1. The molecule has 3 N–H and O–H groups in total. The van der Waals surface area contributed by atoms with Crippen LogP contribution in [0.2, 0.25) is 0 Å². The van der Waals surface area contributed by atoms with Crippen LogP contribution in [0.4, 0.5) is 0 Å². The van der Waals surface area contributed by atoms with Crippen LogP contribution < -0.4 is 10.8 Å². The number of hydroxylamine groups is 1. The van der Waals surface area contributed by atoms with E-state index in [4.69, 9.17) is 9.73 Å². The summed E-state index contributed by atoms with van der Waals surface area (Å²) in [7, 11) is 3.56. The van der Waals surface area contributed by atoms with Crippen molar-refractivity contribution in [2.45, 2.75) is 13.0 Å². The Morgan fingerprint density at radius 1 is 1.56 bits per heavy atom. The largest absolute Gasteiger partial charge is 0.351 e. The van der Waals surface area contributed by atoms with Crippen LogP contribution in [-0.2, 0) is 4.79 Å². The van der Waals surface area contributed by atoms with Gasteiger partial charge in [-0.25, -0.2) is 5.48 Å². The Balaban J connectivity index is 2.61. The highest BCUT2D eigenvalue weighted by molar-refractivity contribution is 5.90. The van der Waals surface area contributed by atoms with Crippen LogP contribution in [0.15, 0.2) is 10.6 Å². The second kappa shape index (κ2) is 6.12. The molecule has 1 aromatic heterocycles. The molecule has 0 unspecified atom stereocenters. The van der Waals surface area contributed by atoms with E-state index >= 15 is 0 Å². The predicted octanol–water partition coefficient (Wildman–Crippen LogP) is -0.468. The van der Waals surface area contributed by atoms with E-state index in [1.807, 2.05) is 0 Å². The second-order valence-electron chi connectivity index (χ2n) is 4.08. The van der Waals surface area contributed by atoms with Gasteiger partial charge in [0.15, 0.2) is 0 Å². The summed E-state index contributed by atoms with van der Waals surface area (Å²) in [5.74, 6) is -1.08. The molecule has 8 heteroatoms. The zero-order valence-electron chi connectivity index (χ0n) is 10.4. The van der Waals surface area contributed by atoms with Crippen molar-refractivity contribution >= 4 is 11.8 Å². The van der Waals surface area contributed by atoms with Gasteiger partial charge in [-0.15, -0.1) is 0 Å². The molecule has 0 saturated heterocycles. The lowest BCUT2D eigenvalue weighted by molar-refractivity contribution is -0.122. The van der Waals surface area contributed by atoms with Crippen molar-refractivity contribution in [3.63, 3.8) is 0 Å². The Morgan fingerprint density at radius 3 is 2.78 bits per heavy atom. The fourth-order valence-corrected chi connectivity index (χ4v) is 1.30. The van der Waals surface area contributed by atoms with Crippen molar-refractivity contribution in [1.29, 1.82) is 0 Å². The average molecular weight is 256 g/mol. The molecule has 8 nitrogen and oxygen atoms in total. The molecule has 100 valence electrons. The lowest BCUT2D eigenvalue weighted by atomic mass is 10.2. The summed E-state index contributed by atoms with van der Waals surface area (Å²) in [4.78, 5) is 24.3. The van der Waals surface area contributed by atoms with Gasteiger partial charge in [0.1, 0.15) is 5.69 Å². The Kier molecular flexibility index (Phi) is 4.81. The third kappa shape index (κ3) is 3.82.